The van der Waals surface area contributed by atoms with Gasteiger partial charge in [0.05, 0.1) is 10.9 Å². The van der Waals surface area contributed by atoms with Crippen LogP contribution in [0.15, 0.2) is 53.4 Å². The Bertz CT molecular complexity index is 886. The van der Waals surface area contributed by atoms with Crippen molar-refractivity contribution >= 4 is 10.0 Å². The van der Waals surface area contributed by atoms with Crippen LogP contribution in [0.4, 0.5) is 0 Å². The van der Waals surface area contributed by atoms with E-state index in [1.165, 1.54) is 0 Å². The highest BCUT2D eigenvalue weighted by molar-refractivity contribution is 7.89. The summed E-state index contributed by atoms with van der Waals surface area (Å²) in [5.74, 6) is 1.08. The molecule has 2 aromatic rings. The van der Waals surface area contributed by atoms with Crippen LogP contribution in [0.5, 0.6) is 11.5 Å². The Balaban J connectivity index is 1.71. The molecule has 4 rings (SSSR count). The van der Waals surface area contributed by atoms with E-state index in [4.69, 9.17) is 9.47 Å². The van der Waals surface area contributed by atoms with Gasteiger partial charge in [-0.3, -0.25) is 0 Å². The van der Waals surface area contributed by atoms with E-state index in [-0.39, 0.29) is 10.9 Å². The largest absolute Gasteiger partial charge is 0.486 e. The second-order valence-electron chi connectivity index (χ2n) is 6.61. The lowest BCUT2D eigenvalue weighted by Gasteiger charge is -2.39. The van der Waals surface area contributed by atoms with Gasteiger partial charge in [0, 0.05) is 25.7 Å². The van der Waals surface area contributed by atoms with Crippen LogP contribution < -0.4 is 9.47 Å². The van der Waals surface area contributed by atoms with Crippen LogP contribution >= 0.6 is 0 Å². The second kappa shape index (κ2) is 6.90. The Morgan fingerprint density at radius 2 is 1.69 bits per heavy atom. The third-order valence-corrected chi connectivity index (χ3v) is 6.74. The molecule has 0 saturated carbocycles. The molecule has 0 amide bonds. The summed E-state index contributed by atoms with van der Waals surface area (Å²) in [5, 5.41) is 0. The highest BCUT2D eigenvalue weighted by atomic mass is 32.2. The first-order valence-electron chi connectivity index (χ1n) is 8.71. The van der Waals surface area contributed by atoms with E-state index >= 15 is 0 Å². The number of piperazine rings is 1. The lowest BCUT2D eigenvalue weighted by molar-refractivity contribution is 0.160. The van der Waals surface area contributed by atoms with Gasteiger partial charge in [0.2, 0.25) is 10.0 Å². The van der Waals surface area contributed by atoms with Crippen LogP contribution in [-0.4, -0.2) is 57.5 Å². The maximum atomic E-state index is 13.4. The zero-order valence-electron chi connectivity index (χ0n) is 14.7. The maximum Gasteiger partial charge on any atom is 0.243 e. The van der Waals surface area contributed by atoms with Crippen LogP contribution in [0.1, 0.15) is 11.6 Å². The van der Waals surface area contributed by atoms with E-state index in [9.17, 15) is 8.42 Å². The van der Waals surface area contributed by atoms with Crippen molar-refractivity contribution in [2.75, 3.05) is 39.9 Å². The van der Waals surface area contributed by atoms with Crippen molar-refractivity contribution in [2.45, 2.75) is 10.9 Å². The van der Waals surface area contributed by atoms with E-state index in [1.54, 1.807) is 22.5 Å². The summed E-state index contributed by atoms with van der Waals surface area (Å²) in [5.41, 5.74) is 1.00. The predicted octanol–water partition coefficient (Wildman–Crippen LogP) is 2.14. The highest BCUT2D eigenvalue weighted by Gasteiger charge is 2.36. The van der Waals surface area contributed by atoms with Crippen molar-refractivity contribution in [1.29, 1.82) is 0 Å². The molecule has 2 heterocycles. The number of hydrogen-bond donors (Lipinski definition) is 0. The number of ether oxygens (including phenoxy) is 2. The van der Waals surface area contributed by atoms with E-state index < -0.39 is 10.0 Å². The van der Waals surface area contributed by atoms with Gasteiger partial charge in [-0.1, -0.05) is 30.3 Å². The van der Waals surface area contributed by atoms with Crippen molar-refractivity contribution in [1.82, 2.24) is 9.21 Å². The summed E-state index contributed by atoms with van der Waals surface area (Å²) in [6.45, 7) is 2.72. The summed E-state index contributed by atoms with van der Waals surface area (Å²) >= 11 is 0. The number of fused-ring (bicyclic) bond motifs is 1. The minimum absolute atomic E-state index is 0.215. The third-order valence-electron chi connectivity index (χ3n) is 4.84. The first kappa shape index (κ1) is 17.3. The number of hydrogen-bond acceptors (Lipinski definition) is 5. The van der Waals surface area contributed by atoms with Gasteiger partial charge in [0.15, 0.2) is 11.5 Å². The van der Waals surface area contributed by atoms with Gasteiger partial charge in [0.1, 0.15) is 13.2 Å². The molecule has 1 saturated heterocycles. The normalized spacial score (nSPS) is 21.5. The molecule has 1 fully saturated rings. The Labute approximate surface area is 154 Å². The molecule has 138 valence electrons. The van der Waals surface area contributed by atoms with Gasteiger partial charge in [0.25, 0.3) is 0 Å². The Kier molecular flexibility index (Phi) is 4.60. The first-order chi connectivity index (χ1) is 12.6. The van der Waals surface area contributed by atoms with E-state index in [0.717, 1.165) is 5.56 Å². The van der Waals surface area contributed by atoms with Gasteiger partial charge in [-0.25, -0.2) is 8.42 Å². The fourth-order valence-corrected chi connectivity index (χ4v) is 5.07. The summed E-state index contributed by atoms with van der Waals surface area (Å²) in [6.07, 6.45) is 0. The minimum Gasteiger partial charge on any atom is -0.486 e. The zero-order valence-corrected chi connectivity index (χ0v) is 15.5. The summed E-state index contributed by atoms with van der Waals surface area (Å²) < 4.78 is 39.4. The van der Waals surface area contributed by atoms with Crippen LogP contribution in [0.3, 0.4) is 0 Å². The average molecular weight is 374 g/mol. The van der Waals surface area contributed by atoms with Crippen LogP contribution in [0, 0.1) is 0 Å². The van der Waals surface area contributed by atoms with E-state index in [1.807, 2.05) is 37.4 Å². The molecule has 0 spiro atoms. The molecule has 2 aliphatic heterocycles. The maximum absolute atomic E-state index is 13.4. The number of nitrogens with zero attached hydrogens (tertiary/aromatic N) is 2. The van der Waals surface area contributed by atoms with Crippen molar-refractivity contribution in [2.24, 2.45) is 0 Å². The molecule has 7 heteroatoms. The lowest BCUT2D eigenvalue weighted by Crippen LogP contribution is -2.49. The quantitative estimate of drug-likeness (QED) is 0.824. The van der Waals surface area contributed by atoms with Crippen molar-refractivity contribution in [3.05, 3.63) is 54.1 Å². The molecule has 0 bridgehead atoms. The minimum atomic E-state index is -3.65. The zero-order chi connectivity index (χ0) is 18.1. The second-order valence-corrected chi connectivity index (χ2v) is 8.50. The molecule has 1 atom stereocenters. The van der Waals surface area contributed by atoms with E-state index in [2.05, 4.69) is 4.90 Å². The molecule has 1 unspecified atom stereocenters. The fraction of sp³-hybridized carbons (Fsp3) is 0.368. The smallest absolute Gasteiger partial charge is 0.243 e. The third kappa shape index (κ3) is 3.18. The topological polar surface area (TPSA) is 59.1 Å². The summed E-state index contributed by atoms with van der Waals surface area (Å²) in [7, 11) is -1.63. The fourth-order valence-electron chi connectivity index (χ4n) is 3.46. The van der Waals surface area contributed by atoms with Gasteiger partial charge >= 0.3 is 0 Å². The van der Waals surface area contributed by atoms with Crippen LogP contribution in [-0.2, 0) is 10.0 Å². The van der Waals surface area contributed by atoms with Crippen molar-refractivity contribution in [3.63, 3.8) is 0 Å². The molecular formula is C19H22N2O4S. The summed E-state index contributed by atoms with van der Waals surface area (Å²) in [6, 6.07) is 14.4. The first-order valence-corrected chi connectivity index (χ1v) is 10.1. The monoisotopic (exact) mass is 374 g/mol. The SMILES string of the molecule is CN1CCN(S(=O)(=O)c2ccc3c(c2)OCCO3)C(c2ccccc2)C1. The number of likely N-dealkylation sites (N-methyl/N-ethyl adjacent to an activating group) is 1. The molecule has 0 aromatic heterocycles. The summed E-state index contributed by atoms with van der Waals surface area (Å²) in [4.78, 5) is 2.40. The molecule has 2 aromatic carbocycles. The van der Waals surface area contributed by atoms with Gasteiger partial charge < -0.3 is 14.4 Å². The molecule has 0 radical (unpaired) electrons. The highest BCUT2D eigenvalue weighted by Crippen LogP contribution is 2.36. The average Bonchev–Trinajstić information content (AvgIpc) is 2.68. The number of rotatable bonds is 3. The predicted molar refractivity (Wildman–Crippen MR) is 98.0 cm³/mol. The number of benzene rings is 2. The van der Waals surface area contributed by atoms with Crippen LogP contribution in [0.2, 0.25) is 0 Å². The van der Waals surface area contributed by atoms with E-state index in [0.29, 0.717) is 44.3 Å². The Hall–Kier alpha value is -2.09. The molecule has 0 N–H and O–H groups in total. The molecule has 26 heavy (non-hydrogen) atoms. The number of sulfonamides is 1. The molecular weight excluding hydrogens is 352 g/mol. The van der Waals surface area contributed by atoms with Crippen molar-refractivity contribution < 1.29 is 17.9 Å². The molecule has 2 aliphatic rings. The van der Waals surface area contributed by atoms with Crippen LogP contribution in [0.25, 0.3) is 0 Å². The molecule has 0 aliphatic carbocycles. The molecule has 6 nitrogen and oxygen atoms in total. The Morgan fingerprint density at radius 3 is 2.46 bits per heavy atom. The Morgan fingerprint density at radius 1 is 0.962 bits per heavy atom. The van der Waals surface area contributed by atoms with Gasteiger partial charge in [-0.2, -0.15) is 4.31 Å². The standard InChI is InChI=1S/C19H22N2O4S/c1-20-9-10-21(17(14-20)15-5-3-2-4-6-15)26(22,23)16-7-8-18-19(13-16)25-12-11-24-18/h2-8,13,17H,9-12,14H2,1H3. The lowest BCUT2D eigenvalue weighted by atomic mass is 10.1. The van der Waals surface area contributed by atoms with Gasteiger partial charge in [-0.15, -0.1) is 0 Å². The van der Waals surface area contributed by atoms with Crippen molar-refractivity contribution in [3.8, 4) is 11.5 Å². The van der Waals surface area contributed by atoms with Gasteiger partial charge in [-0.05, 0) is 24.7 Å².